The second kappa shape index (κ2) is 20.8. The molecular formula is C22H46O4P-. The molecule has 1 atom stereocenters. The normalized spacial score (nSPS) is 13.7. The van der Waals surface area contributed by atoms with E-state index in [-0.39, 0.29) is 6.61 Å². The maximum Gasteiger partial charge on any atom is 0.265 e. The molecule has 0 aromatic carbocycles. The van der Waals surface area contributed by atoms with E-state index in [1.807, 2.05) is 0 Å². The van der Waals surface area contributed by atoms with Gasteiger partial charge in [-0.1, -0.05) is 129 Å². The Labute approximate surface area is 169 Å². The smallest absolute Gasteiger partial charge is 0.265 e. The number of phosphoric acid groups is 1. The Hall–Kier alpha value is 0.110. The minimum Gasteiger partial charge on any atom is -0.756 e. The van der Waals surface area contributed by atoms with Crippen LogP contribution in [0.1, 0.15) is 135 Å². The van der Waals surface area contributed by atoms with Crippen LogP contribution in [0.5, 0.6) is 0 Å². The Balaban J connectivity index is 3.02. The van der Waals surface area contributed by atoms with Crippen molar-refractivity contribution in [1.82, 2.24) is 0 Å². The molecule has 0 fully saturated rings. The van der Waals surface area contributed by atoms with Gasteiger partial charge in [0.05, 0.1) is 6.61 Å². The molecule has 0 saturated carbocycles. The average molecular weight is 406 g/mol. The third kappa shape index (κ3) is 26.1. The van der Waals surface area contributed by atoms with Crippen LogP contribution in [-0.2, 0) is 9.09 Å². The van der Waals surface area contributed by atoms with Crippen LogP contribution in [0.25, 0.3) is 0 Å². The molecule has 1 N–H and O–H groups in total. The largest absolute Gasteiger partial charge is 0.756 e. The maximum atomic E-state index is 10.4. The number of phosphoric ester groups is 1. The highest BCUT2D eigenvalue weighted by molar-refractivity contribution is 7.44. The second-order valence-electron chi connectivity index (χ2n) is 8.02. The van der Waals surface area contributed by atoms with Crippen LogP contribution in [0.15, 0.2) is 0 Å². The lowest BCUT2D eigenvalue weighted by Crippen LogP contribution is -2.04. The molecule has 1 unspecified atom stereocenters. The number of hydrogen-bond donors (Lipinski definition) is 1. The molecule has 5 heteroatoms. The average Bonchev–Trinajstić information content (AvgIpc) is 2.62. The molecular weight excluding hydrogens is 359 g/mol. The molecule has 0 aliphatic heterocycles. The predicted octanol–water partition coefficient (Wildman–Crippen LogP) is 7.29. The van der Waals surface area contributed by atoms with E-state index in [9.17, 15) is 9.46 Å². The first kappa shape index (κ1) is 27.1. The summed E-state index contributed by atoms with van der Waals surface area (Å²) in [4.78, 5) is 18.8. The molecule has 0 spiro atoms. The van der Waals surface area contributed by atoms with Gasteiger partial charge < -0.3 is 14.3 Å². The summed E-state index contributed by atoms with van der Waals surface area (Å²) in [7, 11) is -4.51. The molecule has 164 valence electrons. The fourth-order valence-electron chi connectivity index (χ4n) is 3.54. The predicted molar refractivity (Wildman–Crippen MR) is 114 cm³/mol. The third-order valence-electron chi connectivity index (χ3n) is 5.25. The summed E-state index contributed by atoms with van der Waals surface area (Å²) in [6.07, 6.45) is 26.4. The van der Waals surface area contributed by atoms with E-state index in [1.165, 1.54) is 109 Å². The van der Waals surface area contributed by atoms with Gasteiger partial charge in [-0.25, -0.2) is 0 Å². The molecule has 0 bridgehead atoms. The summed E-state index contributed by atoms with van der Waals surface area (Å²) in [5.74, 6) is 0. The molecule has 0 amide bonds. The van der Waals surface area contributed by atoms with Crippen molar-refractivity contribution >= 4 is 7.82 Å². The molecule has 0 radical (unpaired) electrons. The molecule has 0 aliphatic rings. The zero-order chi connectivity index (χ0) is 20.1. The van der Waals surface area contributed by atoms with Crippen LogP contribution in [0.4, 0.5) is 0 Å². The van der Waals surface area contributed by atoms with E-state index in [1.54, 1.807) is 0 Å². The first-order valence-electron chi connectivity index (χ1n) is 11.7. The second-order valence-corrected chi connectivity index (χ2v) is 9.21. The third-order valence-corrected chi connectivity index (χ3v) is 5.76. The van der Waals surface area contributed by atoms with E-state index in [0.717, 1.165) is 12.8 Å². The van der Waals surface area contributed by atoms with Gasteiger partial charge in [0.25, 0.3) is 7.82 Å². The number of hydrogen-bond acceptors (Lipinski definition) is 3. The van der Waals surface area contributed by atoms with Gasteiger partial charge in [-0.3, -0.25) is 4.57 Å². The van der Waals surface area contributed by atoms with Crippen molar-refractivity contribution in [3.05, 3.63) is 0 Å². The summed E-state index contributed by atoms with van der Waals surface area (Å²) in [6.45, 7) is 2.38. The Morgan fingerprint density at radius 3 is 1.11 bits per heavy atom. The van der Waals surface area contributed by atoms with Crippen LogP contribution in [0.3, 0.4) is 0 Å². The SMILES string of the molecule is CCCCCCCCCCCCCCCCCCCCCCOP(=O)([O-])O. The van der Waals surface area contributed by atoms with E-state index in [4.69, 9.17) is 4.89 Å². The van der Waals surface area contributed by atoms with Crippen molar-refractivity contribution in [2.75, 3.05) is 6.61 Å². The molecule has 0 aliphatic carbocycles. The Morgan fingerprint density at radius 1 is 0.593 bits per heavy atom. The highest BCUT2D eigenvalue weighted by Crippen LogP contribution is 2.30. The van der Waals surface area contributed by atoms with Crippen LogP contribution in [0, 0.1) is 0 Å². The van der Waals surface area contributed by atoms with E-state index >= 15 is 0 Å². The van der Waals surface area contributed by atoms with E-state index in [2.05, 4.69) is 11.4 Å². The van der Waals surface area contributed by atoms with Gasteiger partial charge in [-0.05, 0) is 6.42 Å². The fraction of sp³-hybridized carbons (Fsp3) is 1.00. The molecule has 0 rings (SSSR count). The monoisotopic (exact) mass is 405 g/mol. The lowest BCUT2D eigenvalue weighted by Gasteiger charge is -2.14. The number of unbranched alkanes of at least 4 members (excludes halogenated alkanes) is 19. The minimum atomic E-state index is -4.51. The summed E-state index contributed by atoms with van der Waals surface area (Å²) in [5.41, 5.74) is 0. The standard InChI is InChI=1S/C22H47O4P/c1-2-3-4-5-6-7-8-9-10-11-12-13-14-15-16-17-18-19-20-21-22-26-27(23,24)25/h2-22H2,1H3,(H2,23,24,25)/p-1. The molecule has 0 heterocycles. The lowest BCUT2D eigenvalue weighted by atomic mass is 10.0. The van der Waals surface area contributed by atoms with Crippen LogP contribution in [0.2, 0.25) is 0 Å². The van der Waals surface area contributed by atoms with E-state index in [0.29, 0.717) is 6.42 Å². The highest BCUT2D eigenvalue weighted by Gasteiger charge is 2.00. The topological polar surface area (TPSA) is 69.6 Å². The van der Waals surface area contributed by atoms with E-state index < -0.39 is 7.82 Å². The minimum absolute atomic E-state index is 0.107. The van der Waals surface area contributed by atoms with Gasteiger partial charge in [-0.2, -0.15) is 0 Å². The molecule has 27 heavy (non-hydrogen) atoms. The van der Waals surface area contributed by atoms with Gasteiger partial charge >= 0.3 is 0 Å². The molecule has 4 nitrogen and oxygen atoms in total. The van der Waals surface area contributed by atoms with Crippen LogP contribution < -0.4 is 4.89 Å². The lowest BCUT2D eigenvalue weighted by molar-refractivity contribution is -0.219. The molecule has 0 aromatic rings. The van der Waals surface area contributed by atoms with Crippen molar-refractivity contribution in [3.8, 4) is 0 Å². The Kier molecular flexibility index (Phi) is 20.9. The van der Waals surface area contributed by atoms with Crippen LogP contribution >= 0.6 is 7.82 Å². The first-order valence-corrected chi connectivity index (χ1v) is 13.2. The Morgan fingerprint density at radius 2 is 0.852 bits per heavy atom. The van der Waals surface area contributed by atoms with Gasteiger partial charge in [0.15, 0.2) is 0 Å². The first-order chi connectivity index (χ1) is 13.1. The van der Waals surface area contributed by atoms with Gasteiger partial charge in [-0.15, -0.1) is 0 Å². The zero-order valence-corrected chi connectivity index (χ0v) is 18.9. The molecule has 0 saturated heterocycles. The van der Waals surface area contributed by atoms with Crippen molar-refractivity contribution in [2.45, 2.75) is 135 Å². The maximum absolute atomic E-state index is 10.4. The summed E-state index contributed by atoms with van der Waals surface area (Å²) in [5, 5.41) is 0. The zero-order valence-electron chi connectivity index (χ0n) is 18.0. The van der Waals surface area contributed by atoms with Gasteiger partial charge in [0, 0.05) is 0 Å². The number of rotatable bonds is 22. The van der Waals surface area contributed by atoms with Gasteiger partial charge in [0.2, 0.25) is 0 Å². The molecule has 0 aromatic heterocycles. The van der Waals surface area contributed by atoms with Crippen molar-refractivity contribution in [2.24, 2.45) is 0 Å². The van der Waals surface area contributed by atoms with Crippen LogP contribution in [-0.4, -0.2) is 11.5 Å². The highest BCUT2D eigenvalue weighted by atomic mass is 31.2. The van der Waals surface area contributed by atoms with Crippen molar-refractivity contribution in [1.29, 1.82) is 0 Å². The fourth-order valence-corrected chi connectivity index (χ4v) is 3.90. The van der Waals surface area contributed by atoms with Crippen molar-refractivity contribution in [3.63, 3.8) is 0 Å². The Bertz CT molecular complexity index is 330. The quantitative estimate of drug-likeness (QED) is 0.152. The summed E-state index contributed by atoms with van der Waals surface area (Å²) in [6, 6.07) is 0. The van der Waals surface area contributed by atoms with Gasteiger partial charge in [0.1, 0.15) is 0 Å². The summed E-state index contributed by atoms with van der Waals surface area (Å²) < 4.78 is 14.7. The summed E-state index contributed by atoms with van der Waals surface area (Å²) >= 11 is 0. The van der Waals surface area contributed by atoms with Crippen molar-refractivity contribution < 1.29 is 18.9 Å².